The molecule has 1 aromatic carbocycles. The Balaban J connectivity index is 1.18. The van der Waals surface area contributed by atoms with E-state index in [4.69, 9.17) is 0 Å². The van der Waals surface area contributed by atoms with E-state index < -0.39 is 0 Å². The predicted octanol–water partition coefficient (Wildman–Crippen LogP) is 5.05. The molecule has 6 heteroatoms. The molecule has 1 saturated carbocycles. The van der Waals surface area contributed by atoms with E-state index in [0.717, 1.165) is 48.1 Å². The predicted molar refractivity (Wildman–Crippen MR) is 142 cm³/mol. The Labute approximate surface area is 210 Å². The van der Waals surface area contributed by atoms with Gasteiger partial charge in [-0.1, -0.05) is 49.2 Å². The van der Waals surface area contributed by atoms with E-state index in [0.29, 0.717) is 12.6 Å². The van der Waals surface area contributed by atoms with Crippen LogP contribution >= 0.6 is 11.3 Å². The van der Waals surface area contributed by atoms with Crippen LogP contribution in [-0.4, -0.2) is 27.1 Å². The van der Waals surface area contributed by atoms with Crippen LogP contribution in [0.3, 0.4) is 0 Å². The van der Waals surface area contributed by atoms with Crippen LogP contribution in [0.1, 0.15) is 53.8 Å². The van der Waals surface area contributed by atoms with Crippen molar-refractivity contribution in [2.24, 2.45) is 0 Å². The number of aryl methyl sites for hydroxylation is 3. The maximum atomic E-state index is 13.4. The third-order valence-corrected chi connectivity index (χ3v) is 9.21. The van der Waals surface area contributed by atoms with Crippen LogP contribution in [0.2, 0.25) is 0 Å². The SMILES string of the molecule is O=c1c2c3c(sc2ncn1CCc1ccccn1)C[C@H](NCC1(c2ccccc2)CCCC1)CC3. The van der Waals surface area contributed by atoms with Gasteiger partial charge in [-0.05, 0) is 55.4 Å². The minimum absolute atomic E-state index is 0.101. The largest absolute Gasteiger partial charge is 0.313 e. The Morgan fingerprint density at radius 1 is 1.06 bits per heavy atom. The first kappa shape index (κ1) is 22.6. The molecule has 0 amide bonds. The number of aromatic nitrogens is 3. The summed E-state index contributed by atoms with van der Waals surface area (Å²) in [4.78, 5) is 24.7. The summed E-state index contributed by atoms with van der Waals surface area (Å²) in [7, 11) is 0. The Morgan fingerprint density at radius 3 is 2.69 bits per heavy atom. The van der Waals surface area contributed by atoms with Crippen LogP contribution in [0.4, 0.5) is 0 Å². The van der Waals surface area contributed by atoms with Gasteiger partial charge in [0.1, 0.15) is 4.83 Å². The van der Waals surface area contributed by atoms with Gasteiger partial charge in [0.15, 0.2) is 0 Å². The van der Waals surface area contributed by atoms with Gasteiger partial charge in [0.2, 0.25) is 0 Å². The Bertz CT molecular complexity index is 1360. The van der Waals surface area contributed by atoms with Crippen molar-refractivity contribution in [2.75, 3.05) is 6.54 Å². The van der Waals surface area contributed by atoms with Gasteiger partial charge in [-0.2, -0.15) is 0 Å². The van der Waals surface area contributed by atoms with Gasteiger partial charge in [-0.3, -0.25) is 14.3 Å². The number of rotatable bonds is 7. The molecule has 0 saturated heterocycles. The van der Waals surface area contributed by atoms with Crippen LogP contribution in [0.15, 0.2) is 65.8 Å². The highest BCUT2D eigenvalue weighted by atomic mass is 32.1. The second kappa shape index (κ2) is 9.67. The van der Waals surface area contributed by atoms with Gasteiger partial charge in [0.25, 0.3) is 5.56 Å². The zero-order valence-electron chi connectivity index (χ0n) is 20.1. The fourth-order valence-corrected chi connectivity index (χ4v) is 7.32. The molecule has 0 bridgehead atoms. The second-order valence-electron chi connectivity index (χ2n) is 10.2. The zero-order valence-corrected chi connectivity index (χ0v) is 20.9. The molecule has 3 heterocycles. The summed E-state index contributed by atoms with van der Waals surface area (Å²) in [6.45, 7) is 1.65. The number of hydrogen-bond acceptors (Lipinski definition) is 5. The summed E-state index contributed by atoms with van der Waals surface area (Å²) in [6.07, 6.45) is 12.4. The topological polar surface area (TPSA) is 59.8 Å². The average molecular weight is 485 g/mol. The van der Waals surface area contributed by atoms with Crippen LogP contribution < -0.4 is 10.9 Å². The summed E-state index contributed by atoms with van der Waals surface area (Å²) in [5.41, 5.74) is 4.09. The fraction of sp³-hybridized carbons (Fsp3) is 0.414. The molecule has 1 fully saturated rings. The number of nitrogens with zero attached hydrogens (tertiary/aromatic N) is 3. The number of nitrogens with one attached hydrogen (secondary N) is 1. The molecule has 5 nitrogen and oxygen atoms in total. The molecule has 0 radical (unpaired) electrons. The van der Waals surface area contributed by atoms with E-state index in [9.17, 15) is 4.79 Å². The maximum absolute atomic E-state index is 13.4. The lowest BCUT2D eigenvalue weighted by Gasteiger charge is -2.33. The highest BCUT2D eigenvalue weighted by molar-refractivity contribution is 7.18. The first-order chi connectivity index (χ1) is 17.2. The summed E-state index contributed by atoms with van der Waals surface area (Å²) in [6, 6.07) is 17.5. The van der Waals surface area contributed by atoms with E-state index >= 15 is 0 Å². The lowest BCUT2D eigenvalue weighted by atomic mass is 9.78. The summed E-state index contributed by atoms with van der Waals surface area (Å²) in [5.74, 6) is 0. The van der Waals surface area contributed by atoms with Gasteiger partial charge in [0.05, 0.1) is 11.7 Å². The molecule has 1 N–H and O–H groups in total. The van der Waals surface area contributed by atoms with Crippen LogP contribution in [0.5, 0.6) is 0 Å². The second-order valence-corrected chi connectivity index (χ2v) is 11.3. The number of hydrogen-bond donors (Lipinski definition) is 1. The minimum Gasteiger partial charge on any atom is -0.313 e. The van der Waals surface area contributed by atoms with Crippen molar-refractivity contribution >= 4 is 21.6 Å². The van der Waals surface area contributed by atoms with Crippen LogP contribution in [0, 0.1) is 0 Å². The number of thiophene rings is 1. The number of pyridine rings is 1. The maximum Gasteiger partial charge on any atom is 0.262 e. The molecule has 0 aliphatic heterocycles. The smallest absolute Gasteiger partial charge is 0.262 e. The normalized spacial score (nSPS) is 19.1. The highest BCUT2D eigenvalue weighted by Crippen LogP contribution is 2.41. The van der Waals surface area contributed by atoms with Gasteiger partial charge in [0, 0.05) is 47.7 Å². The first-order valence-corrected chi connectivity index (χ1v) is 13.7. The standard InChI is InChI=1S/C29H32N4OS/c34-28-26-24-12-11-23(31-19-29(14-5-6-15-29)21-8-2-1-3-9-21)18-25(24)35-27(26)32-20-33(28)17-13-22-10-4-7-16-30-22/h1-4,7-10,16,20,23,31H,5-6,11-15,17-19H2/t23-/m1/s1. The van der Waals surface area contributed by atoms with E-state index in [1.54, 1.807) is 28.4 Å². The molecule has 2 aliphatic rings. The van der Waals surface area contributed by atoms with Crippen molar-refractivity contribution in [1.29, 1.82) is 0 Å². The molecule has 4 aromatic rings. The van der Waals surface area contributed by atoms with Gasteiger partial charge in [-0.15, -0.1) is 11.3 Å². The van der Waals surface area contributed by atoms with Crippen molar-refractivity contribution in [1.82, 2.24) is 19.9 Å². The molecular weight excluding hydrogens is 452 g/mol. The molecular formula is C29H32N4OS. The van der Waals surface area contributed by atoms with Crippen molar-refractivity contribution < 1.29 is 0 Å². The summed E-state index contributed by atoms with van der Waals surface area (Å²) < 4.78 is 1.76. The lowest BCUT2D eigenvalue weighted by molar-refractivity contribution is 0.357. The molecule has 6 rings (SSSR count). The average Bonchev–Trinajstić information content (AvgIpc) is 3.54. The molecule has 2 aliphatic carbocycles. The van der Waals surface area contributed by atoms with Crippen molar-refractivity contribution in [3.63, 3.8) is 0 Å². The monoisotopic (exact) mass is 484 g/mol. The van der Waals surface area contributed by atoms with E-state index in [1.165, 1.54) is 41.7 Å². The summed E-state index contributed by atoms with van der Waals surface area (Å²) >= 11 is 1.72. The van der Waals surface area contributed by atoms with Crippen molar-refractivity contribution in [2.45, 2.75) is 69.4 Å². The first-order valence-electron chi connectivity index (χ1n) is 12.9. The molecule has 3 aromatic heterocycles. The third-order valence-electron chi connectivity index (χ3n) is 8.05. The fourth-order valence-electron chi connectivity index (χ4n) is 6.07. The van der Waals surface area contributed by atoms with Gasteiger partial charge >= 0.3 is 0 Å². The Hall–Kier alpha value is -2.83. The van der Waals surface area contributed by atoms with Crippen molar-refractivity contribution in [3.8, 4) is 0 Å². The molecule has 35 heavy (non-hydrogen) atoms. The molecule has 1 atom stereocenters. The Morgan fingerprint density at radius 2 is 1.89 bits per heavy atom. The van der Waals surface area contributed by atoms with E-state index in [2.05, 4.69) is 45.6 Å². The van der Waals surface area contributed by atoms with Crippen LogP contribution in [0.25, 0.3) is 10.2 Å². The summed E-state index contributed by atoms with van der Waals surface area (Å²) in [5, 5.41) is 4.80. The number of benzene rings is 1. The van der Waals surface area contributed by atoms with Crippen LogP contribution in [-0.2, 0) is 31.2 Å². The lowest BCUT2D eigenvalue weighted by Crippen LogP contribution is -2.43. The van der Waals surface area contributed by atoms with E-state index in [1.807, 2.05) is 18.2 Å². The minimum atomic E-state index is 0.101. The Kier molecular flexibility index (Phi) is 6.25. The molecule has 0 unspecified atom stereocenters. The number of fused-ring (bicyclic) bond motifs is 3. The third kappa shape index (κ3) is 4.45. The highest BCUT2D eigenvalue weighted by Gasteiger charge is 2.36. The van der Waals surface area contributed by atoms with Crippen molar-refractivity contribution in [3.05, 3.63) is 93.1 Å². The zero-order chi connectivity index (χ0) is 23.7. The van der Waals surface area contributed by atoms with E-state index in [-0.39, 0.29) is 11.0 Å². The molecule has 0 spiro atoms. The quantitative estimate of drug-likeness (QED) is 0.399. The molecule has 180 valence electrons. The van der Waals surface area contributed by atoms with Gasteiger partial charge in [-0.25, -0.2) is 4.98 Å². The van der Waals surface area contributed by atoms with Gasteiger partial charge < -0.3 is 5.32 Å².